The van der Waals surface area contributed by atoms with Gasteiger partial charge < -0.3 is 10.2 Å². The second-order valence-corrected chi connectivity index (χ2v) is 6.71. The first-order chi connectivity index (χ1) is 6.07. The van der Waals surface area contributed by atoms with E-state index in [1.165, 1.54) is 0 Å². The molecule has 1 saturated carbocycles. The first-order valence-electron chi connectivity index (χ1n) is 5.38. The van der Waals surface area contributed by atoms with Gasteiger partial charge in [0.25, 0.3) is 0 Å². The maximum absolute atomic E-state index is 11.9. The summed E-state index contributed by atoms with van der Waals surface area (Å²) in [4.78, 5) is 0. The Balaban J connectivity index is 2.76. The first kappa shape index (κ1) is 12.0. The molecule has 0 amide bonds. The van der Waals surface area contributed by atoms with E-state index in [4.69, 9.17) is 0 Å². The van der Waals surface area contributed by atoms with Gasteiger partial charge in [0.15, 0.2) is 0 Å². The van der Waals surface area contributed by atoms with Crippen molar-refractivity contribution >= 4 is 0 Å². The summed E-state index contributed by atoms with van der Waals surface area (Å²) in [6.07, 6.45) is -1.34. The van der Waals surface area contributed by atoms with Gasteiger partial charge >= 0.3 is 0 Å². The van der Waals surface area contributed by atoms with Crippen molar-refractivity contribution < 1.29 is 10.2 Å². The van der Waals surface area contributed by atoms with Gasteiger partial charge in [0.1, 0.15) is 0 Å². The summed E-state index contributed by atoms with van der Waals surface area (Å²) in [5, 5.41) is 23.9. The largest absolute Gasteiger partial charge is 0.852 e. The summed E-state index contributed by atoms with van der Waals surface area (Å²) in [7, 11) is 0. The van der Waals surface area contributed by atoms with Crippen molar-refractivity contribution in [1.29, 1.82) is 0 Å². The minimum atomic E-state index is -0.669. The fraction of sp³-hybridized carbons (Fsp3) is 1.00. The van der Waals surface area contributed by atoms with E-state index in [1.54, 1.807) is 0 Å². The lowest BCUT2D eigenvalue weighted by Gasteiger charge is -2.69. The van der Waals surface area contributed by atoms with E-state index in [1.807, 2.05) is 41.5 Å². The Hall–Kier alpha value is -0.0800. The van der Waals surface area contributed by atoms with Crippen LogP contribution in [-0.4, -0.2) is 12.2 Å². The van der Waals surface area contributed by atoms with Crippen LogP contribution in [0.5, 0.6) is 0 Å². The molecule has 0 N–H and O–H groups in total. The Labute approximate surface area is 87.3 Å². The Morgan fingerprint density at radius 1 is 0.643 bits per heavy atom. The smallest absolute Gasteiger partial charge is 0.0375 e. The van der Waals surface area contributed by atoms with E-state index in [2.05, 4.69) is 0 Å². The second-order valence-electron chi connectivity index (χ2n) is 6.71. The summed E-state index contributed by atoms with van der Waals surface area (Å²) in [6.45, 7) is 12.0. The third-order valence-corrected chi connectivity index (χ3v) is 3.42. The fourth-order valence-corrected chi connectivity index (χ4v) is 2.65. The lowest BCUT2D eigenvalue weighted by Crippen LogP contribution is -2.73. The van der Waals surface area contributed by atoms with Crippen molar-refractivity contribution in [3.05, 3.63) is 0 Å². The number of hydrogen-bond donors (Lipinski definition) is 0. The average Bonchev–Trinajstić information content (AvgIpc) is 1.78. The van der Waals surface area contributed by atoms with Gasteiger partial charge in [-0.2, -0.15) is 0 Å². The highest BCUT2D eigenvalue weighted by molar-refractivity contribution is 5.04. The van der Waals surface area contributed by atoms with Crippen molar-refractivity contribution in [2.24, 2.45) is 22.7 Å². The van der Waals surface area contributed by atoms with Gasteiger partial charge in [-0.15, -0.1) is 12.2 Å². The monoisotopic (exact) mass is 198 g/mol. The van der Waals surface area contributed by atoms with Crippen LogP contribution >= 0.6 is 0 Å². The van der Waals surface area contributed by atoms with Crippen LogP contribution in [0, 0.1) is 22.7 Å². The Morgan fingerprint density at radius 2 is 0.857 bits per heavy atom. The van der Waals surface area contributed by atoms with Crippen molar-refractivity contribution in [2.45, 2.75) is 53.8 Å². The molecule has 0 unspecified atom stereocenters. The van der Waals surface area contributed by atoms with Crippen molar-refractivity contribution in [3.63, 3.8) is 0 Å². The Morgan fingerprint density at radius 3 is 1.00 bits per heavy atom. The molecule has 0 atom stereocenters. The molecule has 1 rings (SSSR count). The SMILES string of the molecule is CC(C)(C)C1C([O-])C(C(C)(C)C)C1[O-]. The molecule has 0 aromatic rings. The van der Waals surface area contributed by atoms with Crippen molar-refractivity contribution in [2.75, 3.05) is 0 Å². The molecule has 2 heteroatoms. The Bertz CT molecular complexity index is 177. The van der Waals surface area contributed by atoms with Gasteiger partial charge in [-0.25, -0.2) is 0 Å². The van der Waals surface area contributed by atoms with Gasteiger partial charge in [-0.05, 0) is 10.8 Å². The molecule has 1 aliphatic rings. The first-order valence-corrected chi connectivity index (χ1v) is 5.38. The minimum absolute atomic E-state index is 0.138. The molecule has 1 fully saturated rings. The fourth-order valence-electron chi connectivity index (χ4n) is 2.65. The van der Waals surface area contributed by atoms with Crippen molar-refractivity contribution in [1.82, 2.24) is 0 Å². The maximum atomic E-state index is 11.9. The third-order valence-electron chi connectivity index (χ3n) is 3.42. The van der Waals surface area contributed by atoms with Gasteiger partial charge in [-0.1, -0.05) is 53.4 Å². The highest BCUT2D eigenvalue weighted by atomic mass is 16.3. The molecule has 0 radical (unpaired) electrons. The zero-order valence-electron chi connectivity index (χ0n) is 10.1. The maximum Gasteiger partial charge on any atom is -0.0375 e. The molecule has 0 bridgehead atoms. The van der Waals surface area contributed by atoms with Crippen LogP contribution in [0.15, 0.2) is 0 Å². The molecule has 0 aromatic carbocycles. The van der Waals surface area contributed by atoms with Crippen LogP contribution in [0.2, 0.25) is 0 Å². The van der Waals surface area contributed by atoms with Crippen molar-refractivity contribution in [3.8, 4) is 0 Å². The van der Waals surface area contributed by atoms with Crippen LogP contribution in [-0.2, 0) is 0 Å². The summed E-state index contributed by atoms with van der Waals surface area (Å²) >= 11 is 0. The van der Waals surface area contributed by atoms with E-state index in [0.29, 0.717) is 0 Å². The summed E-state index contributed by atoms with van der Waals surface area (Å²) in [6, 6.07) is 0. The van der Waals surface area contributed by atoms with E-state index in [-0.39, 0.29) is 22.7 Å². The third kappa shape index (κ3) is 1.82. The summed E-state index contributed by atoms with van der Waals surface area (Å²) in [5.74, 6) is -0.404. The molecule has 0 aromatic heterocycles. The van der Waals surface area contributed by atoms with Crippen LogP contribution < -0.4 is 10.2 Å². The van der Waals surface area contributed by atoms with Crippen LogP contribution in [0.25, 0.3) is 0 Å². The molecular weight excluding hydrogens is 176 g/mol. The lowest BCUT2D eigenvalue weighted by molar-refractivity contribution is -0.578. The highest BCUT2D eigenvalue weighted by Gasteiger charge is 2.47. The zero-order chi connectivity index (χ0) is 11.3. The van der Waals surface area contributed by atoms with Crippen LogP contribution in [0.1, 0.15) is 41.5 Å². The normalized spacial score (nSPS) is 39.4. The molecule has 14 heavy (non-hydrogen) atoms. The average molecular weight is 198 g/mol. The summed E-state index contributed by atoms with van der Waals surface area (Å²) in [5.41, 5.74) is -0.277. The molecule has 2 nitrogen and oxygen atoms in total. The Kier molecular flexibility index (Phi) is 2.75. The second kappa shape index (κ2) is 3.21. The predicted octanol–water partition coefficient (Wildman–Crippen LogP) is 0.782. The molecule has 0 spiro atoms. The van der Waals surface area contributed by atoms with E-state index in [9.17, 15) is 10.2 Å². The van der Waals surface area contributed by atoms with E-state index < -0.39 is 12.2 Å². The molecule has 84 valence electrons. The summed E-state index contributed by atoms with van der Waals surface area (Å²) < 4.78 is 0. The number of rotatable bonds is 0. The molecule has 0 heterocycles. The highest BCUT2D eigenvalue weighted by Crippen LogP contribution is 2.49. The molecule has 0 aliphatic heterocycles. The quantitative estimate of drug-likeness (QED) is 0.577. The minimum Gasteiger partial charge on any atom is -0.852 e. The van der Waals surface area contributed by atoms with Gasteiger partial charge in [0.05, 0.1) is 0 Å². The van der Waals surface area contributed by atoms with Crippen LogP contribution in [0.4, 0.5) is 0 Å². The predicted molar refractivity (Wildman–Crippen MR) is 53.5 cm³/mol. The van der Waals surface area contributed by atoms with E-state index in [0.717, 1.165) is 0 Å². The molecule has 1 aliphatic carbocycles. The molecule has 0 saturated heterocycles. The van der Waals surface area contributed by atoms with Crippen LogP contribution in [0.3, 0.4) is 0 Å². The van der Waals surface area contributed by atoms with Gasteiger partial charge in [-0.3, -0.25) is 0 Å². The topological polar surface area (TPSA) is 46.1 Å². The van der Waals surface area contributed by atoms with Gasteiger partial charge in [0.2, 0.25) is 0 Å². The van der Waals surface area contributed by atoms with E-state index >= 15 is 0 Å². The zero-order valence-corrected chi connectivity index (χ0v) is 10.1. The number of hydrogen-bond acceptors (Lipinski definition) is 2. The lowest BCUT2D eigenvalue weighted by atomic mass is 9.52. The standard InChI is InChI=1S/C12H22O2/c1-11(2,3)7-9(13)8(10(7)14)12(4,5)6/h7-10H,1-6H3/q-2. The van der Waals surface area contributed by atoms with Gasteiger partial charge in [0, 0.05) is 0 Å². The molecular formula is C12H22O2-2.